The van der Waals surface area contributed by atoms with E-state index in [0.717, 1.165) is 12.1 Å². The van der Waals surface area contributed by atoms with Gasteiger partial charge in [-0.1, -0.05) is 12.1 Å². The van der Waals surface area contributed by atoms with Crippen LogP contribution in [0.4, 0.5) is 5.69 Å². The SMILES string of the molecule is COC(=O)[C@@H]1[C@H]2C[C@H]3C4(CC[N+]3([O-])C[C@@H]2CC[C@H]1O)Nc1ccccc1C4=O. The molecule has 150 valence electrons. The molecule has 0 amide bonds. The van der Waals surface area contributed by atoms with Gasteiger partial charge in [0.25, 0.3) is 0 Å². The fourth-order valence-electron chi connectivity index (χ4n) is 6.49. The second kappa shape index (κ2) is 6.02. The first-order valence-electron chi connectivity index (χ1n) is 10.2. The van der Waals surface area contributed by atoms with E-state index in [1.165, 1.54) is 7.11 Å². The molecule has 7 nitrogen and oxygen atoms in total. The summed E-state index contributed by atoms with van der Waals surface area (Å²) in [6.45, 7) is 0.814. The van der Waals surface area contributed by atoms with E-state index in [9.17, 15) is 19.9 Å². The van der Waals surface area contributed by atoms with Gasteiger partial charge in [-0.3, -0.25) is 9.59 Å². The number of methoxy groups -OCH3 is 1. The summed E-state index contributed by atoms with van der Waals surface area (Å²) < 4.78 is 4.59. The van der Waals surface area contributed by atoms with Crippen LogP contribution in [0.2, 0.25) is 0 Å². The van der Waals surface area contributed by atoms with Crippen LogP contribution in [0, 0.1) is 23.0 Å². The van der Waals surface area contributed by atoms with Crippen LogP contribution in [0.25, 0.3) is 0 Å². The topological polar surface area (TPSA) is 98.7 Å². The van der Waals surface area contributed by atoms with Crippen LogP contribution in [-0.4, -0.2) is 59.4 Å². The molecule has 0 radical (unpaired) electrons. The number of ether oxygens (including phenoxy) is 1. The number of anilines is 1. The van der Waals surface area contributed by atoms with Gasteiger partial charge in [0.1, 0.15) is 6.04 Å². The summed E-state index contributed by atoms with van der Waals surface area (Å²) in [5.74, 6) is -1.08. The molecule has 1 saturated carbocycles. The number of benzene rings is 1. The molecule has 4 aliphatic rings. The van der Waals surface area contributed by atoms with E-state index >= 15 is 0 Å². The number of Topliss-reactive ketones (excluding diaryl/α,β-unsaturated/α-hetero) is 1. The molecular formula is C21H26N2O5. The predicted octanol–water partition coefficient (Wildman–Crippen LogP) is 1.70. The van der Waals surface area contributed by atoms with Crippen LogP contribution >= 0.6 is 0 Å². The minimum absolute atomic E-state index is 0.00613. The second-order valence-electron chi connectivity index (χ2n) is 8.95. The Balaban J connectivity index is 1.52. The highest BCUT2D eigenvalue weighted by Gasteiger charge is 2.65. The van der Waals surface area contributed by atoms with Crippen LogP contribution in [0.3, 0.4) is 0 Å². The number of nitrogens with one attached hydrogen (secondary N) is 1. The Labute approximate surface area is 163 Å². The maximum atomic E-state index is 13.8. The third-order valence-corrected chi connectivity index (χ3v) is 7.78. The molecule has 3 heterocycles. The van der Waals surface area contributed by atoms with Crippen LogP contribution in [0.1, 0.15) is 36.0 Å². The van der Waals surface area contributed by atoms with Gasteiger partial charge < -0.3 is 25.0 Å². The summed E-state index contributed by atoms with van der Waals surface area (Å²) in [6, 6.07) is 6.96. The molecular weight excluding hydrogens is 360 g/mol. The Kier molecular flexibility index (Phi) is 3.89. The van der Waals surface area contributed by atoms with Gasteiger partial charge in [-0.2, -0.15) is 0 Å². The number of piperidine rings is 1. The molecule has 1 spiro atoms. The molecule has 7 atom stereocenters. The average Bonchev–Trinajstić information content (AvgIpc) is 3.14. The molecule has 28 heavy (non-hydrogen) atoms. The number of carbonyl (C=O) groups excluding carboxylic acids is 2. The number of fused-ring (bicyclic) bond motifs is 4. The Morgan fingerprint density at radius 2 is 2.14 bits per heavy atom. The predicted molar refractivity (Wildman–Crippen MR) is 101 cm³/mol. The van der Waals surface area contributed by atoms with E-state index in [2.05, 4.69) is 5.32 Å². The number of carbonyl (C=O) groups is 2. The number of hydrogen-bond acceptors (Lipinski definition) is 6. The van der Waals surface area contributed by atoms with Gasteiger partial charge in [0.15, 0.2) is 11.3 Å². The van der Waals surface area contributed by atoms with E-state index in [-0.39, 0.29) is 22.3 Å². The fourth-order valence-corrected chi connectivity index (χ4v) is 6.49. The molecule has 3 aliphatic heterocycles. The lowest BCUT2D eigenvalue weighted by atomic mass is 9.64. The first-order chi connectivity index (χ1) is 13.4. The maximum Gasteiger partial charge on any atom is 0.311 e. The second-order valence-corrected chi connectivity index (χ2v) is 8.95. The van der Waals surface area contributed by atoms with Crippen molar-refractivity contribution in [1.29, 1.82) is 0 Å². The first-order valence-corrected chi connectivity index (χ1v) is 10.2. The van der Waals surface area contributed by atoms with Gasteiger partial charge in [0, 0.05) is 30.0 Å². The smallest absolute Gasteiger partial charge is 0.311 e. The van der Waals surface area contributed by atoms with Crippen LogP contribution in [0.15, 0.2) is 24.3 Å². The van der Waals surface area contributed by atoms with Crippen molar-refractivity contribution in [3.8, 4) is 0 Å². The molecule has 2 N–H and O–H groups in total. The van der Waals surface area contributed by atoms with E-state index < -0.39 is 29.6 Å². The zero-order valence-corrected chi connectivity index (χ0v) is 16.0. The standard InChI is InChI=1S/C21H26N2O5/c1-28-20(26)18-14-10-17-21(19(25)13-4-2-3-5-15(13)22-21)8-9-23(17,27)11-12(14)6-7-16(18)24/h2-5,12,14,16-18,22,24H,6-11H2,1H3/t12-,14-,16+,17-,18+,21?,23?/m0/s1. The maximum absolute atomic E-state index is 13.8. The number of hydroxylamine groups is 3. The van der Waals surface area contributed by atoms with Gasteiger partial charge in [0.2, 0.25) is 0 Å². The fraction of sp³-hybridized carbons (Fsp3) is 0.619. The lowest BCUT2D eigenvalue weighted by molar-refractivity contribution is -0.904. The van der Waals surface area contributed by atoms with Gasteiger partial charge in [-0.05, 0) is 30.9 Å². The zero-order chi connectivity index (χ0) is 19.7. The molecule has 5 rings (SSSR count). The minimum Gasteiger partial charge on any atom is -0.633 e. The molecule has 1 aromatic carbocycles. The summed E-state index contributed by atoms with van der Waals surface area (Å²) in [6.07, 6.45) is 1.46. The molecule has 7 heteroatoms. The first kappa shape index (κ1) is 18.1. The molecule has 2 saturated heterocycles. The van der Waals surface area contributed by atoms with Crippen molar-refractivity contribution >= 4 is 17.4 Å². The largest absolute Gasteiger partial charge is 0.633 e. The van der Waals surface area contributed by atoms with Crippen molar-refractivity contribution in [3.63, 3.8) is 0 Å². The van der Waals surface area contributed by atoms with Crippen molar-refractivity contribution in [2.45, 2.75) is 43.4 Å². The zero-order valence-electron chi connectivity index (χ0n) is 16.0. The normalized spacial score (nSPS) is 43.8. The molecule has 2 unspecified atom stereocenters. The lowest BCUT2D eigenvalue weighted by Crippen LogP contribution is -2.66. The number of aliphatic hydroxyl groups is 1. The summed E-state index contributed by atoms with van der Waals surface area (Å²) in [5.41, 5.74) is 0.530. The Bertz CT molecular complexity index is 844. The highest BCUT2D eigenvalue weighted by atomic mass is 16.6. The quantitative estimate of drug-likeness (QED) is 0.433. The van der Waals surface area contributed by atoms with E-state index in [1.807, 2.05) is 24.3 Å². The van der Waals surface area contributed by atoms with Crippen molar-refractivity contribution in [2.75, 3.05) is 25.5 Å². The number of ketones is 1. The van der Waals surface area contributed by atoms with Crippen LogP contribution < -0.4 is 5.32 Å². The number of rotatable bonds is 1. The highest BCUT2D eigenvalue weighted by molar-refractivity contribution is 6.14. The molecule has 1 aromatic rings. The van der Waals surface area contributed by atoms with Gasteiger partial charge in [0.05, 0.1) is 32.2 Å². The lowest BCUT2D eigenvalue weighted by Gasteiger charge is -2.57. The van der Waals surface area contributed by atoms with E-state index in [4.69, 9.17) is 4.74 Å². The Hall–Kier alpha value is -1.96. The number of quaternary nitrogens is 1. The molecule has 0 aromatic heterocycles. The number of aliphatic hydroxyl groups excluding tert-OH is 1. The van der Waals surface area contributed by atoms with Crippen LogP contribution in [-0.2, 0) is 9.53 Å². The van der Waals surface area contributed by atoms with Gasteiger partial charge in [-0.15, -0.1) is 0 Å². The average molecular weight is 386 g/mol. The third-order valence-electron chi connectivity index (χ3n) is 7.78. The van der Waals surface area contributed by atoms with Crippen LogP contribution in [0.5, 0.6) is 0 Å². The number of hydrogen-bond donors (Lipinski definition) is 2. The number of esters is 1. The summed E-state index contributed by atoms with van der Waals surface area (Å²) in [4.78, 5) is 25.8. The summed E-state index contributed by atoms with van der Waals surface area (Å²) >= 11 is 0. The Morgan fingerprint density at radius 1 is 1.36 bits per heavy atom. The van der Waals surface area contributed by atoms with Crippen molar-refractivity contribution < 1.29 is 24.1 Å². The highest BCUT2D eigenvalue weighted by Crippen LogP contribution is 2.53. The van der Waals surface area contributed by atoms with Gasteiger partial charge >= 0.3 is 5.97 Å². The number of nitrogens with zero attached hydrogens (tertiary/aromatic N) is 1. The van der Waals surface area contributed by atoms with E-state index in [0.29, 0.717) is 37.9 Å². The third kappa shape index (κ3) is 2.27. The molecule has 1 aliphatic carbocycles. The van der Waals surface area contributed by atoms with Crippen molar-refractivity contribution in [3.05, 3.63) is 35.0 Å². The summed E-state index contributed by atoms with van der Waals surface area (Å²) in [5, 5.41) is 27.7. The number of para-hydroxylation sites is 1. The molecule has 3 fully saturated rings. The monoisotopic (exact) mass is 386 g/mol. The van der Waals surface area contributed by atoms with Gasteiger partial charge in [-0.25, -0.2) is 0 Å². The summed E-state index contributed by atoms with van der Waals surface area (Å²) in [7, 11) is 1.34. The van der Waals surface area contributed by atoms with E-state index in [1.54, 1.807) is 0 Å². The Morgan fingerprint density at radius 3 is 2.89 bits per heavy atom. The molecule has 0 bridgehead atoms. The minimum atomic E-state index is -0.903. The van der Waals surface area contributed by atoms with Crippen molar-refractivity contribution in [2.24, 2.45) is 17.8 Å². The van der Waals surface area contributed by atoms with Crippen molar-refractivity contribution in [1.82, 2.24) is 0 Å².